The largest absolute Gasteiger partial charge is 0.497 e. The van der Waals surface area contributed by atoms with Gasteiger partial charge in [0.05, 0.1) is 25.2 Å². The van der Waals surface area contributed by atoms with Crippen LogP contribution in [-0.4, -0.2) is 45.9 Å². The molecule has 1 atom stereocenters. The Bertz CT molecular complexity index is 984. The first-order chi connectivity index (χ1) is 13.9. The summed E-state index contributed by atoms with van der Waals surface area (Å²) < 4.78 is 37.6. The number of nitrogens with one attached hydrogen (secondary N) is 1. The van der Waals surface area contributed by atoms with Crippen LogP contribution in [0.3, 0.4) is 0 Å². The molecule has 156 valence electrons. The molecule has 0 aliphatic carbocycles. The molecular formula is C21H26N2O5S. The third kappa shape index (κ3) is 4.54. The average molecular weight is 419 g/mol. The quantitative estimate of drug-likeness (QED) is 0.747. The number of hydrogen-bond donors (Lipinski definition) is 1. The van der Waals surface area contributed by atoms with Crippen molar-refractivity contribution in [1.29, 1.82) is 0 Å². The first kappa shape index (κ1) is 21.1. The smallest absolute Gasteiger partial charge is 0.251 e. The number of carbonyl (C=O) groups is 1. The minimum atomic E-state index is -3.57. The van der Waals surface area contributed by atoms with E-state index in [1.165, 1.54) is 16.4 Å². The third-order valence-electron chi connectivity index (χ3n) is 5.05. The van der Waals surface area contributed by atoms with Gasteiger partial charge in [0.25, 0.3) is 5.91 Å². The monoisotopic (exact) mass is 418 g/mol. The number of sulfonamides is 1. The Morgan fingerprint density at radius 2 is 1.79 bits per heavy atom. The Hall–Kier alpha value is -2.58. The Morgan fingerprint density at radius 3 is 2.45 bits per heavy atom. The number of amides is 1. The molecule has 1 amide bonds. The molecule has 7 nitrogen and oxygen atoms in total. The molecule has 2 aromatic carbocycles. The molecule has 1 unspecified atom stereocenters. The maximum Gasteiger partial charge on any atom is 0.251 e. The van der Waals surface area contributed by atoms with Crippen LogP contribution in [0, 0.1) is 0 Å². The summed E-state index contributed by atoms with van der Waals surface area (Å²) >= 11 is 0. The van der Waals surface area contributed by atoms with Gasteiger partial charge in [-0.05, 0) is 50.1 Å². The molecule has 0 aromatic heterocycles. The molecule has 0 radical (unpaired) electrons. The SMILES string of the molecule is COc1ccc(C(C)NC(=O)c2cccc(S(=O)(=O)N3CCCC3)c2)c(OC)c1. The molecule has 1 saturated heterocycles. The number of hydrogen-bond acceptors (Lipinski definition) is 5. The summed E-state index contributed by atoms with van der Waals surface area (Å²) in [6.07, 6.45) is 1.72. The Balaban J connectivity index is 1.79. The fraction of sp³-hybridized carbons (Fsp3) is 0.381. The second kappa shape index (κ2) is 8.84. The van der Waals surface area contributed by atoms with Crippen LogP contribution in [0.4, 0.5) is 0 Å². The van der Waals surface area contributed by atoms with Crippen molar-refractivity contribution in [2.24, 2.45) is 0 Å². The van der Waals surface area contributed by atoms with Gasteiger partial charge < -0.3 is 14.8 Å². The van der Waals surface area contributed by atoms with Crippen molar-refractivity contribution in [3.8, 4) is 11.5 Å². The van der Waals surface area contributed by atoms with Crippen LogP contribution >= 0.6 is 0 Å². The molecule has 1 aliphatic rings. The first-order valence-electron chi connectivity index (χ1n) is 9.50. The van der Waals surface area contributed by atoms with Gasteiger partial charge in [-0.25, -0.2) is 8.42 Å². The number of rotatable bonds is 7. The van der Waals surface area contributed by atoms with Gasteiger partial charge in [-0.2, -0.15) is 4.31 Å². The molecule has 8 heteroatoms. The topological polar surface area (TPSA) is 84.9 Å². The van der Waals surface area contributed by atoms with Gasteiger partial charge in [-0.15, -0.1) is 0 Å². The zero-order valence-electron chi connectivity index (χ0n) is 16.8. The molecular weight excluding hydrogens is 392 g/mol. The Morgan fingerprint density at radius 1 is 1.07 bits per heavy atom. The first-order valence-corrected chi connectivity index (χ1v) is 10.9. The van der Waals surface area contributed by atoms with Crippen molar-refractivity contribution in [2.45, 2.75) is 30.7 Å². The molecule has 29 heavy (non-hydrogen) atoms. The second-order valence-corrected chi connectivity index (χ2v) is 8.88. The lowest BCUT2D eigenvalue weighted by atomic mass is 10.1. The van der Waals surface area contributed by atoms with Gasteiger partial charge in [0, 0.05) is 30.3 Å². The van der Waals surface area contributed by atoms with Gasteiger partial charge in [0.15, 0.2) is 0 Å². The summed E-state index contributed by atoms with van der Waals surface area (Å²) in [7, 11) is -0.447. The van der Waals surface area contributed by atoms with E-state index in [-0.39, 0.29) is 16.8 Å². The molecule has 0 spiro atoms. The second-order valence-electron chi connectivity index (χ2n) is 6.94. The molecule has 3 rings (SSSR count). The summed E-state index contributed by atoms with van der Waals surface area (Å²) in [5, 5.41) is 2.90. The maximum atomic E-state index is 12.8. The Kier molecular flexibility index (Phi) is 6.44. The standard InChI is InChI=1S/C21H26N2O5S/c1-15(19-10-9-17(27-2)14-20(19)28-3)22-21(24)16-7-6-8-18(13-16)29(25,26)23-11-4-5-12-23/h6-10,13-15H,4-5,11-12H2,1-3H3,(H,22,24). The van der Waals surface area contributed by atoms with E-state index < -0.39 is 10.0 Å². The van der Waals surface area contributed by atoms with Crippen LogP contribution in [0.25, 0.3) is 0 Å². The van der Waals surface area contributed by atoms with Gasteiger partial charge in [-0.3, -0.25) is 4.79 Å². The Labute approximate surface area is 171 Å². The highest BCUT2D eigenvalue weighted by atomic mass is 32.2. The molecule has 0 bridgehead atoms. The summed E-state index contributed by atoms with van der Waals surface area (Å²) in [5.41, 5.74) is 1.09. The summed E-state index contributed by atoms with van der Waals surface area (Å²) in [6, 6.07) is 11.2. The number of nitrogens with zero attached hydrogens (tertiary/aromatic N) is 1. The average Bonchev–Trinajstić information content (AvgIpc) is 3.29. The van der Waals surface area contributed by atoms with Gasteiger partial charge in [0.2, 0.25) is 10.0 Å². The van der Waals surface area contributed by atoms with Crippen molar-refractivity contribution in [3.05, 3.63) is 53.6 Å². The van der Waals surface area contributed by atoms with Crippen molar-refractivity contribution in [3.63, 3.8) is 0 Å². The van der Waals surface area contributed by atoms with Crippen LogP contribution in [0.1, 0.15) is 41.7 Å². The zero-order chi connectivity index (χ0) is 21.0. The minimum absolute atomic E-state index is 0.140. The highest BCUT2D eigenvalue weighted by molar-refractivity contribution is 7.89. The highest BCUT2D eigenvalue weighted by Gasteiger charge is 2.27. The maximum absolute atomic E-state index is 12.8. The van der Waals surface area contributed by atoms with E-state index in [1.807, 2.05) is 13.0 Å². The van der Waals surface area contributed by atoms with Crippen molar-refractivity contribution in [1.82, 2.24) is 9.62 Å². The van der Waals surface area contributed by atoms with Crippen molar-refractivity contribution < 1.29 is 22.7 Å². The number of methoxy groups -OCH3 is 2. The van der Waals surface area contributed by atoms with Crippen molar-refractivity contribution in [2.75, 3.05) is 27.3 Å². The van der Waals surface area contributed by atoms with E-state index >= 15 is 0 Å². The fourth-order valence-corrected chi connectivity index (χ4v) is 4.97. The van der Waals surface area contributed by atoms with Crippen LogP contribution in [0.5, 0.6) is 11.5 Å². The lowest BCUT2D eigenvalue weighted by Crippen LogP contribution is -2.29. The lowest BCUT2D eigenvalue weighted by molar-refractivity contribution is 0.0939. The van der Waals surface area contributed by atoms with Gasteiger partial charge in [0.1, 0.15) is 11.5 Å². The minimum Gasteiger partial charge on any atom is -0.497 e. The number of ether oxygens (including phenoxy) is 2. The van der Waals surface area contributed by atoms with E-state index in [0.717, 1.165) is 18.4 Å². The van der Waals surface area contributed by atoms with Crippen LogP contribution in [0.15, 0.2) is 47.4 Å². The van der Waals surface area contributed by atoms with Crippen LogP contribution in [0.2, 0.25) is 0 Å². The van der Waals surface area contributed by atoms with E-state index in [2.05, 4.69) is 5.32 Å². The van der Waals surface area contributed by atoms with E-state index in [9.17, 15) is 13.2 Å². The predicted octanol–water partition coefficient (Wildman–Crippen LogP) is 2.98. The van der Waals surface area contributed by atoms with Crippen molar-refractivity contribution >= 4 is 15.9 Å². The molecule has 1 aliphatic heterocycles. The number of benzene rings is 2. The third-order valence-corrected chi connectivity index (χ3v) is 6.95. The van der Waals surface area contributed by atoms with Crippen LogP contribution < -0.4 is 14.8 Å². The molecule has 0 saturated carbocycles. The zero-order valence-corrected chi connectivity index (χ0v) is 17.7. The molecule has 2 aromatic rings. The summed E-state index contributed by atoms with van der Waals surface area (Å²) in [5.74, 6) is 0.903. The van der Waals surface area contributed by atoms with E-state index in [1.54, 1.807) is 38.5 Å². The summed E-state index contributed by atoms with van der Waals surface area (Å²) in [4.78, 5) is 12.9. The van der Waals surface area contributed by atoms with Crippen LogP contribution in [-0.2, 0) is 10.0 Å². The highest BCUT2D eigenvalue weighted by Crippen LogP contribution is 2.29. The fourth-order valence-electron chi connectivity index (χ4n) is 3.41. The van der Waals surface area contributed by atoms with E-state index in [4.69, 9.17) is 9.47 Å². The number of carbonyl (C=O) groups excluding carboxylic acids is 1. The predicted molar refractivity (Wildman–Crippen MR) is 110 cm³/mol. The van der Waals surface area contributed by atoms with E-state index in [0.29, 0.717) is 30.2 Å². The normalized spacial score (nSPS) is 15.7. The lowest BCUT2D eigenvalue weighted by Gasteiger charge is -2.19. The molecule has 1 N–H and O–H groups in total. The molecule has 1 heterocycles. The molecule has 1 fully saturated rings. The van der Waals surface area contributed by atoms with Gasteiger partial charge in [-0.1, -0.05) is 6.07 Å². The summed E-state index contributed by atoms with van der Waals surface area (Å²) in [6.45, 7) is 2.88. The van der Waals surface area contributed by atoms with Gasteiger partial charge >= 0.3 is 0 Å².